The van der Waals surface area contributed by atoms with Crippen molar-refractivity contribution in [2.45, 2.75) is 39.5 Å². The summed E-state index contributed by atoms with van der Waals surface area (Å²) in [4.78, 5) is 17.6. The zero-order chi connectivity index (χ0) is 24.1. The summed E-state index contributed by atoms with van der Waals surface area (Å²) in [6, 6.07) is 18.6. The van der Waals surface area contributed by atoms with E-state index in [0.29, 0.717) is 35.4 Å². The van der Waals surface area contributed by atoms with Gasteiger partial charge in [0.2, 0.25) is 5.89 Å². The second kappa shape index (κ2) is 10.4. The number of oxazole rings is 1. The number of aromatic nitrogens is 1. The van der Waals surface area contributed by atoms with E-state index in [4.69, 9.17) is 13.9 Å². The number of carbonyl (C=O) groups excluding carboxylic acids is 1. The molecule has 176 valence electrons. The van der Waals surface area contributed by atoms with Crippen LogP contribution in [-0.2, 0) is 0 Å². The van der Waals surface area contributed by atoms with Gasteiger partial charge in [0.05, 0.1) is 19.4 Å². The highest BCUT2D eigenvalue weighted by Crippen LogP contribution is 2.33. The van der Waals surface area contributed by atoms with Gasteiger partial charge in [0.15, 0.2) is 5.58 Å². The van der Waals surface area contributed by atoms with E-state index < -0.39 is 0 Å². The van der Waals surface area contributed by atoms with Gasteiger partial charge < -0.3 is 19.2 Å². The van der Waals surface area contributed by atoms with Crippen molar-refractivity contribution in [1.82, 2.24) is 4.98 Å². The summed E-state index contributed by atoms with van der Waals surface area (Å²) in [5.74, 6) is 1.96. The number of benzene rings is 3. The summed E-state index contributed by atoms with van der Waals surface area (Å²) < 4.78 is 17.1. The Bertz CT molecular complexity index is 1280. The summed E-state index contributed by atoms with van der Waals surface area (Å²) in [5, 5.41) is 2.94. The maximum Gasteiger partial charge on any atom is 0.255 e. The predicted molar refractivity (Wildman–Crippen MR) is 135 cm³/mol. The van der Waals surface area contributed by atoms with Crippen molar-refractivity contribution in [3.8, 4) is 23.0 Å². The summed E-state index contributed by atoms with van der Waals surface area (Å²) in [6.45, 7) is 7.08. The molecule has 0 aliphatic heterocycles. The number of amides is 1. The lowest BCUT2D eigenvalue weighted by Gasteiger charge is -2.12. The lowest BCUT2D eigenvalue weighted by atomic mass is 10.0. The van der Waals surface area contributed by atoms with Crippen molar-refractivity contribution in [3.05, 3.63) is 71.8 Å². The first-order chi connectivity index (χ1) is 16.5. The number of hydrogen-bond donors (Lipinski definition) is 1. The zero-order valence-electron chi connectivity index (χ0n) is 20.1. The van der Waals surface area contributed by atoms with Crippen LogP contribution in [0.1, 0.15) is 55.5 Å². The first kappa shape index (κ1) is 23.4. The van der Waals surface area contributed by atoms with Gasteiger partial charge in [-0.2, -0.15) is 0 Å². The van der Waals surface area contributed by atoms with Crippen LogP contribution in [-0.4, -0.2) is 24.6 Å². The molecule has 0 bridgehead atoms. The highest BCUT2D eigenvalue weighted by molar-refractivity contribution is 6.05. The average Bonchev–Trinajstić information content (AvgIpc) is 3.28. The van der Waals surface area contributed by atoms with Gasteiger partial charge in [-0.3, -0.25) is 4.79 Å². The minimum Gasteiger partial charge on any atom is -0.495 e. The average molecular weight is 459 g/mol. The Hall–Kier alpha value is -3.80. The van der Waals surface area contributed by atoms with Crippen LogP contribution in [0.5, 0.6) is 11.5 Å². The van der Waals surface area contributed by atoms with Crippen LogP contribution in [0.3, 0.4) is 0 Å². The van der Waals surface area contributed by atoms with E-state index in [1.54, 1.807) is 25.3 Å². The molecular weight excluding hydrogens is 428 g/mol. The number of nitrogens with one attached hydrogen (secondary N) is 1. The largest absolute Gasteiger partial charge is 0.495 e. The highest BCUT2D eigenvalue weighted by atomic mass is 16.5. The Labute approximate surface area is 199 Å². The quantitative estimate of drug-likeness (QED) is 0.272. The van der Waals surface area contributed by atoms with E-state index in [2.05, 4.69) is 43.2 Å². The second-order valence-corrected chi connectivity index (χ2v) is 8.50. The smallest absolute Gasteiger partial charge is 0.255 e. The monoisotopic (exact) mass is 458 g/mol. The van der Waals surface area contributed by atoms with Gasteiger partial charge in [-0.25, -0.2) is 4.98 Å². The Morgan fingerprint density at radius 2 is 1.85 bits per heavy atom. The van der Waals surface area contributed by atoms with Crippen LogP contribution in [0.15, 0.2) is 65.1 Å². The number of anilines is 1. The molecule has 4 aromatic rings. The van der Waals surface area contributed by atoms with Crippen LogP contribution in [0, 0.1) is 0 Å². The number of rotatable bonds is 9. The minimum absolute atomic E-state index is 0.241. The molecule has 1 heterocycles. The van der Waals surface area contributed by atoms with Gasteiger partial charge in [-0.1, -0.05) is 33.3 Å². The highest BCUT2D eigenvalue weighted by Gasteiger charge is 2.15. The molecule has 0 radical (unpaired) electrons. The lowest BCUT2D eigenvalue weighted by molar-refractivity contribution is 0.102. The fraction of sp³-hybridized carbons (Fsp3) is 0.286. The summed E-state index contributed by atoms with van der Waals surface area (Å²) in [5.41, 5.74) is 4.55. The summed E-state index contributed by atoms with van der Waals surface area (Å²) >= 11 is 0. The van der Waals surface area contributed by atoms with Gasteiger partial charge >= 0.3 is 0 Å². The zero-order valence-corrected chi connectivity index (χ0v) is 20.1. The number of hydrogen-bond acceptors (Lipinski definition) is 5. The van der Waals surface area contributed by atoms with Crippen LogP contribution < -0.4 is 14.8 Å². The fourth-order valence-electron chi connectivity index (χ4n) is 3.60. The van der Waals surface area contributed by atoms with Crippen molar-refractivity contribution >= 4 is 22.7 Å². The van der Waals surface area contributed by atoms with Crippen molar-refractivity contribution in [3.63, 3.8) is 0 Å². The maximum atomic E-state index is 12.9. The molecule has 1 aromatic heterocycles. The Balaban J connectivity index is 1.56. The van der Waals surface area contributed by atoms with Crippen LogP contribution in [0.2, 0.25) is 0 Å². The van der Waals surface area contributed by atoms with Crippen LogP contribution >= 0.6 is 0 Å². The Morgan fingerprint density at radius 1 is 1.06 bits per heavy atom. The SMILES string of the molecule is CCCCOc1ccc(C(=O)Nc2cc(-c3nc4cc(C(C)C)ccc4o3)ccc2OC)cc1. The normalized spacial score (nSPS) is 11.1. The Kier molecular flexibility index (Phi) is 7.16. The van der Waals surface area contributed by atoms with Gasteiger partial charge in [-0.05, 0) is 72.5 Å². The van der Waals surface area contributed by atoms with Crippen molar-refractivity contribution < 1.29 is 18.7 Å². The third kappa shape index (κ3) is 5.22. The molecule has 0 aliphatic rings. The topological polar surface area (TPSA) is 73.6 Å². The molecule has 0 spiro atoms. The third-order valence-corrected chi connectivity index (χ3v) is 5.66. The number of nitrogens with zero attached hydrogens (tertiary/aromatic N) is 1. The van der Waals surface area contributed by atoms with E-state index in [-0.39, 0.29) is 5.91 Å². The molecule has 3 aromatic carbocycles. The molecule has 0 aliphatic carbocycles. The molecule has 0 saturated carbocycles. The van der Waals surface area contributed by atoms with Crippen LogP contribution in [0.4, 0.5) is 5.69 Å². The molecule has 6 heteroatoms. The number of unbranched alkanes of at least 4 members (excludes halogenated alkanes) is 1. The van der Waals surface area contributed by atoms with E-state index in [1.807, 2.05) is 30.3 Å². The molecule has 34 heavy (non-hydrogen) atoms. The van der Waals surface area contributed by atoms with E-state index in [9.17, 15) is 4.79 Å². The molecule has 0 fully saturated rings. The molecule has 6 nitrogen and oxygen atoms in total. The first-order valence-corrected chi connectivity index (χ1v) is 11.6. The Morgan fingerprint density at radius 3 is 2.56 bits per heavy atom. The van der Waals surface area contributed by atoms with E-state index >= 15 is 0 Å². The predicted octanol–water partition coefficient (Wildman–Crippen LogP) is 7.06. The number of methoxy groups -OCH3 is 1. The first-order valence-electron chi connectivity index (χ1n) is 11.6. The molecular formula is C28H30N2O4. The van der Waals surface area contributed by atoms with E-state index in [0.717, 1.165) is 35.3 Å². The van der Waals surface area contributed by atoms with Gasteiger partial charge in [0, 0.05) is 11.1 Å². The number of ether oxygens (including phenoxy) is 2. The lowest BCUT2D eigenvalue weighted by Crippen LogP contribution is -2.12. The molecule has 1 N–H and O–H groups in total. The molecule has 0 unspecified atom stereocenters. The molecule has 0 saturated heterocycles. The minimum atomic E-state index is -0.241. The molecule has 1 amide bonds. The number of carbonyl (C=O) groups is 1. The van der Waals surface area contributed by atoms with Gasteiger partial charge in [0.1, 0.15) is 17.0 Å². The van der Waals surface area contributed by atoms with E-state index in [1.165, 1.54) is 5.56 Å². The molecule has 4 rings (SSSR count). The standard InChI is InChI=1S/C28H30N2O4/c1-5-6-15-33-22-11-7-19(8-12-22)27(31)29-23-17-21(10-13-25(23)32-4)28-30-24-16-20(18(2)3)9-14-26(24)34-28/h7-14,16-18H,5-6,15H2,1-4H3,(H,29,31). The van der Waals surface area contributed by atoms with Crippen molar-refractivity contribution in [1.29, 1.82) is 0 Å². The second-order valence-electron chi connectivity index (χ2n) is 8.50. The van der Waals surface area contributed by atoms with Gasteiger partial charge in [-0.15, -0.1) is 0 Å². The molecule has 0 atom stereocenters. The van der Waals surface area contributed by atoms with Crippen molar-refractivity contribution in [2.24, 2.45) is 0 Å². The number of fused-ring (bicyclic) bond motifs is 1. The van der Waals surface area contributed by atoms with Gasteiger partial charge in [0.25, 0.3) is 5.91 Å². The van der Waals surface area contributed by atoms with Crippen molar-refractivity contribution in [2.75, 3.05) is 19.0 Å². The van der Waals surface area contributed by atoms with Crippen LogP contribution in [0.25, 0.3) is 22.6 Å². The summed E-state index contributed by atoms with van der Waals surface area (Å²) in [6.07, 6.45) is 2.07. The maximum absolute atomic E-state index is 12.9. The summed E-state index contributed by atoms with van der Waals surface area (Å²) in [7, 11) is 1.57. The fourth-order valence-corrected chi connectivity index (χ4v) is 3.60. The third-order valence-electron chi connectivity index (χ3n) is 5.66.